The van der Waals surface area contributed by atoms with Crippen LogP contribution in [0.5, 0.6) is 5.75 Å². The molecule has 1 aromatic rings. The number of hydrogen-bond acceptors (Lipinski definition) is 5. The number of aliphatic carboxylic acids is 2. The van der Waals surface area contributed by atoms with Crippen molar-refractivity contribution in [2.45, 2.75) is 26.3 Å². The van der Waals surface area contributed by atoms with Crippen molar-refractivity contribution in [2.75, 3.05) is 33.3 Å². The van der Waals surface area contributed by atoms with Gasteiger partial charge in [0, 0.05) is 11.6 Å². The number of nitrogens with one attached hydrogen (secondary N) is 1. The molecule has 0 spiro atoms. The smallest absolute Gasteiger partial charge is 0.414 e. The molecular formula is C18H28N2O5. The van der Waals surface area contributed by atoms with Crippen molar-refractivity contribution in [3.63, 3.8) is 0 Å². The van der Waals surface area contributed by atoms with Crippen LogP contribution in [0.4, 0.5) is 0 Å². The maximum Gasteiger partial charge on any atom is 0.414 e. The highest BCUT2D eigenvalue weighted by atomic mass is 16.5. The Hall–Kier alpha value is -2.12. The fourth-order valence-corrected chi connectivity index (χ4v) is 3.19. The molecule has 7 nitrogen and oxygen atoms in total. The Balaban J connectivity index is 0.000000450. The summed E-state index contributed by atoms with van der Waals surface area (Å²) >= 11 is 0. The Bertz CT molecular complexity index is 552. The van der Waals surface area contributed by atoms with Gasteiger partial charge in [0.05, 0.1) is 7.11 Å². The summed E-state index contributed by atoms with van der Waals surface area (Å²) in [5.74, 6) is -1.95. The Morgan fingerprint density at radius 1 is 1.24 bits per heavy atom. The summed E-state index contributed by atoms with van der Waals surface area (Å²) in [4.78, 5) is 20.8. The number of ether oxygens (including phenoxy) is 1. The van der Waals surface area contributed by atoms with Crippen molar-refractivity contribution < 1.29 is 24.5 Å². The zero-order valence-electron chi connectivity index (χ0n) is 15.1. The molecule has 7 heteroatoms. The van der Waals surface area contributed by atoms with Gasteiger partial charge in [-0.25, -0.2) is 9.59 Å². The van der Waals surface area contributed by atoms with Gasteiger partial charge in [-0.2, -0.15) is 0 Å². The molecule has 1 aliphatic heterocycles. The maximum absolute atomic E-state index is 9.10. The fourth-order valence-electron chi connectivity index (χ4n) is 3.19. The van der Waals surface area contributed by atoms with Crippen molar-refractivity contribution >= 4 is 11.9 Å². The highest BCUT2D eigenvalue weighted by Gasteiger charge is 2.35. The summed E-state index contributed by atoms with van der Waals surface area (Å²) in [6.45, 7) is 8.85. The first-order chi connectivity index (χ1) is 12.0. The third-order valence-electron chi connectivity index (χ3n) is 4.33. The molecule has 1 aromatic carbocycles. The molecule has 0 unspecified atom stereocenters. The summed E-state index contributed by atoms with van der Waals surface area (Å²) in [7, 11) is 1.77. The first-order valence-electron chi connectivity index (χ1n) is 8.50. The topological polar surface area (TPSA) is 99.1 Å². The van der Waals surface area contributed by atoms with Crippen molar-refractivity contribution in [1.82, 2.24) is 10.2 Å². The highest BCUT2D eigenvalue weighted by molar-refractivity contribution is 6.27. The molecule has 0 aromatic heterocycles. The molecule has 2 rings (SSSR count). The second kappa shape index (κ2) is 10.7. The van der Waals surface area contributed by atoms with E-state index in [2.05, 4.69) is 42.3 Å². The molecule has 1 aliphatic rings. The number of nitrogens with zero attached hydrogens (tertiary/aromatic N) is 1. The SMILES string of the molecule is CCNC[C@H]1CCN(CC)[C@@H]1c1ccccc1OC.O=C(O)C(=O)O. The van der Waals surface area contributed by atoms with Crippen LogP contribution in [-0.2, 0) is 9.59 Å². The predicted molar refractivity (Wildman–Crippen MR) is 94.9 cm³/mol. The van der Waals surface area contributed by atoms with Gasteiger partial charge in [0.25, 0.3) is 0 Å². The molecule has 2 atom stereocenters. The van der Waals surface area contributed by atoms with Crippen LogP contribution in [0.1, 0.15) is 31.9 Å². The van der Waals surface area contributed by atoms with Crippen LogP contribution in [0, 0.1) is 5.92 Å². The van der Waals surface area contributed by atoms with Gasteiger partial charge in [0.1, 0.15) is 5.75 Å². The minimum atomic E-state index is -1.82. The summed E-state index contributed by atoms with van der Waals surface area (Å²) in [5, 5.41) is 18.3. The van der Waals surface area contributed by atoms with Crippen molar-refractivity contribution in [2.24, 2.45) is 5.92 Å². The minimum absolute atomic E-state index is 0.486. The lowest BCUT2D eigenvalue weighted by Crippen LogP contribution is -2.30. The van der Waals surface area contributed by atoms with Crippen LogP contribution >= 0.6 is 0 Å². The van der Waals surface area contributed by atoms with Crippen LogP contribution in [0.25, 0.3) is 0 Å². The molecule has 0 amide bonds. The Labute approximate surface area is 148 Å². The largest absolute Gasteiger partial charge is 0.496 e. The maximum atomic E-state index is 9.10. The van der Waals surface area contributed by atoms with Gasteiger partial charge < -0.3 is 20.3 Å². The van der Waals surface area contributed by atoms with Gasteiger partial charge >= 0.3 is 11.9 Å². The van der Waals surface area contributed by atoms with Crippen LogP contribution in [0.15, 0.2) is 24.3 Å². The molecule has 1 fully saturated rings. The van der Waals surface area contributed by atoms with Crippen molar-refractivity contribution in [1.29, 1.82) is 0 Å². The average molecular weight is 352 g/mol. The predicted octanol–water partition coefficient (Wildman–Crippen LogP) is 1.84. The van der Waals surface area contributed by atoms with Gasteiger partial charge in [0.2, 0.25) is 0 Å². The molecule has 1 saturated heterocycles. The van der Waals surface area contributed by atoms with E-state index in [0.29, 0.717) is 12.0 Å². The number of likely N-dealkylation sites (tertiary alicyclic amines) is 1. The third kappa shape index (κ3) is 6.03. The number of rotatable bonds is 6. The van der Waals surface area contributed by atoms with Crippen molar-refractivity contribution in [3.05, 3.63) is 29.8 Å². The van der Waals surface area contributed by atoms with Crippen LogP contribution in [-0.4, -0.2) is 60.3 Å². The van der Waals surface area contributed by atoms with Gasteiger partial charge in [0.15, 0.2) is 0 Å². The molecular weight excluding hydrogens is 324 g/mol. The third-order valence-corrected chi connectivity index (χ3v) is 4.33. The molecule has 0 bridgehead atoms. The molecule has 140 valence electrons. The molecule has 25 heavy (non-hydrogen) atoms. The minimum Gasteiger partial charge on any atom is -0.496 e. The number of carboxylic acid groups (broad SMARTS) is 2. The number of carbonyl (C=O) groups is 2. The molecule has 1 heterocycles. The number of methoxy groups -OCH3 is 1. The first-order valence-corrected chi connectivity index (χ1v) is 8.50. The zero-order valence-corrected chi connectivity index (χ0v) is 15.1. The monoisotopic (exact) mass is 352 g/mol. The standard InChI is InChI=1S/C16H26N2O.C2H2O4/c1-4-17-12-13-10-11-18(5-2)16(13)14-8-6-7-9-15(14)19-3;3-1(4)2(5)6/h6-9,13,16-17H,4-5,10-12H2,1-3H3;(H,3,4)(H,5,6)/t13-,16+;/m1./s1. The lowest BCUT2D eigenvalue weighted by molar-refractivity contribution is -0.159. The van der Waals surface area contributed by atoms with E-state index in [1.165, 1.54) is 18.5 Å². The Morgan fingerprint density at radius 2 is 1.88 bits per heavy atom. The lowest BCUT2D eigenvalue weighted by atomic mass is 9.93. The quantitative estimate of drug-likeness (QED) is 0.672. The summed E-state index contributed by atoms with van der Waals surface area (Å²) in [6, 6.07) is 8.95. The van der Waals surface area contributed by atoms with Crippen molar-refractivity contribution in [3.8, 4) is 5.75 Å². The Morgan fingerprint density at radius 3 is 2.40 bits per heavy atom. The number of hydrogen-bond donors (Lipinski definition) is 3. The molecule has 0 saturated carbocycles. The van der Waals surface area contributed by atoms with E-state index in [1.807, 2.05) is 6.07 Å². The van der Waals surface area contributed by atoms with Gasteiger partial charge in [-0.1, -0.05) is 32.0 Å². The van der Waals surface area contributed by atoms with Gasteiger partial charge in [-0.15, -0.1) is 0 Å². The van der Waals surface area contributed by atoms with E-state index >= 15 is 0 Å². The van der Waals surface area contributed by atoms with E-state index in [9.17, 15) is 0 Å². The average Bonchev–Trinajstić information content (AvgIpc) is 3.02. The zero-order chi connectivity index (χ0) is 18.8. The van der Waals surface area contributed by atoms with Crippen LogP contribution in [0.2, 0.25) is 0 Å². The van der Waals surface area contributed by atoms with Crippen LogP contribution in [0.3, 0.4) is 0 Å². The molecule has 3 N–H and O–H groups in total. The fraction of sp³-hybridized carbons (Fsp3) is 0.556. The second-order valence-electron chi connectivity index (χ2n) is 5.78. The van der Waals surface area contributed by atoms with E-state index in [4.69, 9.17) is 24.5 Å². The van der Waals surface area contributed by atoms with E-state index < -0.39 is 11.9 Å². The van der Waals surface area contributed by atoms with E-state index in [-0.39, 0.29) is 0 Å². The van der Waals surface area contributed by atoms with Crippen LogP contribution < -0.4 is 10.1 Å². The molecule has 0 aliphatic carbocycles. The summed E-state index contributed by atoms with van der Waals surface area (Å²) in [5.41, 5.74) is 1.34. The molecule has 0 radical (unpaired) electrons. The number of para-hydroxylation sites is 1. The normalized spacial score (nSPS) is 19.8. The van der Waals surface area contributed by atoms with E-state index in [0.717, 1.165) is 25.4 Å². The summed E-state index contributed by atoms with van der Waals surface area (Å²) in [6.07, 6.45) is 1.27. The van der Waals surface area contributed by atoms with E-state index in [1.54, 1.807) is 7.11 Å². The van der Waals surface area contributed by atoms with Gasteiger partial charge in [-0.3, -0.25) is 4.90 Å². The first kappa shape index (κ1) is 20.9. The second-order valence-corrected chi connectivity index (χ2v) is 5.78. The Kier molecular flexibility index (Phi) is 8.94. The highest BCUT2D eigenvalue weighted by Crippen LogP contribution is 2.40. The number of benzene rings is 1. The number of carboxylic acids is 2. The van der Waals surface area contributed by atoms with Gasteiger partial charge in [-0.05, 0) is 44.6 Å². The lowest BCUT2D eigenvalue weighted by Gasteiger charge is -2.29. The summed E-state index contributed by atoms with van der Waals surface area (Å²) < 4.78 is 5.56.